The molecule has 12 rings (SSSR count). The van der Waals surface area contributed by atoms with Crippen molar-refractivity contribution in [3.8, 4) is 33.4 Å². The Morgan fingerprint density at radius 1 is 0.410 bits per heavy atom. The lowest BCUT2D eigenvalue weighted by Gasteiger charge is -2.36. The van der Waals surface area contributed by atoms with E-state index in [2.05, 4.69) is 217 Å². The zero-order valence-electron chi connectivity index (χ0n) is 33.9. The number of nitrogens with zero attached hydrogens (tertiary/aromatic N) is 1. The molecule has 0 saturated heterocycles. The van der Waals surface area contributed by atoms with Crippen LogP contribution in [0.3, 0.4) is 0 Å². The summed E-state index contributed by atoms with van der Waals surface area (Å²) in [5, 5.41) is 2.59. The number of hydrogen-bond acceptors (Lipinski definition) is 2. The van der Waals surface area contributed by atoms with Crippen LogP contribution in [0.1, 0.15) is 46.2 Å². The van der Waals surface area contributed by atoms with Gasteiger partial charge in [-0.3, -0.25) is 0 Å². The second kappa shape index (κ2) is 14.6. The summed E-state index contributed by atoms with van der Waals surface area (Å²) in [6, 6.07) is 79.6. The molecule has 2 aliphatic carbocycles. The molecule has 1 heterocycles. The first-order valence-corrected chi connectivity index (χ1v) is 22.5. The van der Waals surface area contributed by atoms with Gasteiger partial charge >= 0.3 is 0 Å². The van der Waals surface area contributed by atoms with Gasteiger partial charge in [-0.05, 0) is 123 Å². The van der Waals surface area contributed by atoms with Gasteiger partial charge in [0.15, 0.2) is 0 Å². The summed E-state index contributed by atoms with van der Waals surface area (Å²) in [6.07, 6.45) is 4.67. The first kappa shape index (κ1) is 35.9. The predicted molar refractivity (Wildman–Crippen MR) is 259 cm³/mol. The third-order valence-electron chi connectivity index (χ3n) is 13.4. The molecule has 61 heavy (non-hydrogen) atoms. The van der Waals surface area contributed by atoms with Crippen molar-refractivity contribution in [1.29, 1.82) is 0 Å². The number of hydrogen-bond donors (Lipinski definition) is 0. The molecule has 290 valence electrons. The fraction of sp³-hybridized carbons (Fsp3) is 0.0847. The van der Waals surface area contributed by atoms with E-state index in [9.17, 15) is 0 Å². The molecule has 0 amide bonds. The molecule has 10 aromatic rings. The summed E-state index contributed by atoms with van der Waals surface area (Å²) in [5.41, 5.74) is 18.8. The van der Waals surface area contributed by atoms with E-state index in [-0.39, 0.29) is 0 Å². The number of thiophene rings is 1. The quantitative estimate of drug-likeness (QED) is 0.155. The van der Waals surface area contributed by atoms with Gasteiger partial charge in [0.05, 0.1) is 21.5 Å². The summed E-state index contributed by atoms with van der Waals surface area (Å²) >= 11 is 1.90. The Morgan fingerprint density at radius 3 is 1.82 bits per heavy atom. The lowest BCUT2D eigenvalue weighted by Crippen LogP contribution is -2.28. The molecule has 0 saturated carbocycles. The highest BCUT2D eigenvalue weighted by Crippen LogP contribution is 2.59. The second-order valence-electron chi connectivity index (χ2n) is 16.6. The summed E-state index contributed by atoms with van der Waals surface area (Å²) < 4.78 is 2.59. The van der Waals surface area contributed by atoms with Crippen molar-refractivity contribution in [3.05, 3.63) is 246 Å². The van der Waals surface area contributed by atoms with Crippen LogP contribution in [0.2, 0.25) is 0 Å². The van der Waals surface area contributed by atoms with E-state index in [1.54, 1.807) is 0 Å². The van der Waals surface area contributed by atoms with E-state index >= 15 is 0 Å². The summed E-state index contributed by atoms with van der Waals surface area (Å²) in [7, 11) is 0. The van der Waals surface area contributed by atoms with Gasteiger partial charge in [0.1, 0.15) is 0 Å². The van der Waals surface area contributed by atoms with Gasteiger partial charge in [-0.2, -0.15) is 0 Å². The molecule has 0 spiro atoms. The molecule has 0 atom stereocenters. The Kier molecular flexibility index (Phi) is 8.61. The van der Waals surface area contributed by atoms with Gasteiger partial charge in [0, 0.05) is 26.7 Å². The fourth-order valence-electron chi connectivity index (χ4n) is 10.7. The van der Waals surface area contributed by atoms with Crippen molar-refractivity contribution in [3.63, 3.8) is 0 Å². The minimum atomic E-state index is -0.537. The van der Waals surface area contributed by atoms with Crippen molar-refractivity contribution in [2.24, 2.45) is 0 Å². The maximum Gasteiger partial charge on any atom is 0.0714 e. The third kappa shape index (κ3) is 5.66. The minimum absolute atomic E-state index is 0.537. The molecule has 0 bridgehead atoms. The standard InChI is InChI=1S/C59H43NS/c1-4-18-40(19-5-1)41-34-36-45(37-35-41)60(55-32-17-30-50-49-28-13-15-33-57(49)61-58(50)55)56-39-54-51(38-52(56)47-29-16-21-42-20-10-11-26-46(42)47)48-27-12-14-31-53(48)59(54,43-22-6-2-7-23-43)44-24-8-3-9-25-44/h1-9,12-19,21-25,27-39H,10-11,20,26H2. The molecule has 0 fully saturated rings. The largest absolute Gasteiger partial charge is 0.308 e. The highest BCUT2D eigenvalue weighted by atomic mass is 32.1. The van der Waals surface area contributed by atoms with Crippen LogP contribution in [0.4, 0.5) is 17.1 Å². The molecule has 9 aromatic carbocycles. The molecule has 0 unspecified atom stereocenters. The molecule has 1 aromatic heterocycles. The Labute approximate surface area is 361 Å². The van der Waals surface area contributed by atoms with Crippen LogP contribution in [0.15, 0.2) is 212 Å². The molecular weight excluding hydrogens is 755 g/mol. The first-order chi connectivity index (χ1) is 30.3. The van der Waals surface area contributed by atoms with Crippen LogP contribution < -0.4 is 4.90 Å². The van der Waals surface area contributed by atoms with Crippen molar-refractivity contribution in [2.45, 2.75) is 31.1 Å². The summed E-state index contributed by atoms with van der Waals surface area (Å²) in [5.74, 6) is 0. The summed E-state index contributed by atoms with van der Waals surface area (Å²) in [6.45, 7) is 0. The third-order valence-corrected chi connectivity index (χ3v) is 14.6. The van der Waals surface area contributed by atoms with Crippen LogP contribution >= 0.6 is 11.3 Å². The molecule has 0 N–H and O–H groups in total. The Hall–Kier alpha value is -7.00. The van der Waals surface area contributed by atoms with E-state index in [1.807, 2.05) is 11.3 Å². The zero-order valence-corrected chi connectivity index (χ0v) is 34.7. The smallest absolute Gasteiger partial charge is 0.0714 e. The molecule has 2 heteroatoms. The number of aryl methyl sites for hydroxylation is 1. The average molecular weight is 798 g/mol. The van der Waals surface area contributed by atoms with Crippen LogP contribution in [0, 0.1) is 0 Å². The van der Waals surface area contributed by atoms with Crippen LogP contribution in [0.5, 0.6) is 0 Å². The monoisotopic (exact) mass is 797 g/mol. The maximum absolute atomic E-state index is 2.59. The van der Waals surface area contributed by atoms with E-state index < -0.39 is 5.41 Å². The van der Waals surface area contributed by atoms with Gasteiger partial charge in [0.2, 0.25) is 0 Å². The van der Waals surface area contributed by atoms with Crippen LogP contribution in [0.25, 0.3) is 53.6 Å². The zero-order chi connectivity index (χ0) is 40.3. The van der Waals surface area contributed by atoms with E-state index in [1.165, 1.54) is 111 Å². The molecule has 0 radical (unpaired) electrons. The maximum atomic E-state index is 2.59. The van der Waals surface area contributed by atoms with Gasteiger partial charge in [-0.1, -0.05) is 176 Å². The van der Waals surface area contributed by atoms with Crippen LogP contribution in [-0.4, -0.2) is 0 Å². The van der Waals surface area contributed by atoms with Crippen LogP contribution in [-0.2, 0) is 18.3 Å². The molecular formula is C59H43NS. The Bertz CT molecular complexity index is 3200. The topological polar surface area (TPSA) is 3.24 Å². The lowest BCUT2D eigenvalue weighted by atomic mass is 9.67. The summed E-state index contributed by atoms with van der Waals surface area (Å²) in [4.78, 5) is 2.59. The molecule has 2 aliphatic rings. The molecule has 1 nitrogen and oxygen atoms in total. The van der Waals surface area contributed by atoms with Gasteiger partial charge in [0.25, 0.3) is 0 Å². The van der Waals surface area contributed by atoms with Crippen molar-refractivity contribution < 1.29 is 0 Å². The van der Waals surface area contributed by atoms with E-state index in [0.717, 1.165) is 18.5 Å². The lowest BCUT2D eigenvalue weighted by molar-refractivity contribution is 0.687. The number of benzene rings is 9. The highest BCUT2D eigenvalue weighted by molar-refractivity contribution is 7.26. The van der Waals surface area contributed by atoms with Crippen molar-refractivity contribution >= 4 is 48.6 Å². The fourth-order valence-corrected chi connectivity index (χ4v) is 11.9. The van der Waals surface area contributed by atoms with E-state index in [0.29, 0.717) is 0 Å². The normalized spacial score (nSPS) is 13.8. The number of rotatable bonds is 7. The average Bonchev–Trinajstić information content (AvgIpc) is 3.86. The van der Waals surface area contributed by atoms with Gasteiger partial charge in [-0.15, -0.1) is 11.3 Å². The Balaban J connectivity index is 1.22. The Morgan fingerprint density at radius 2 is 1.03 bits per heavy atom. The predicted octanol–water partition coefficient (Wildman–Crippen LogP) is 16.1. The SMILES string of the molecule is c1ccc(-c2ccc(N(c3cc4c(cc3-c3cccc5c3CCCC5)-c3ccccc3C4(c3ccccc3)c3ccccc3)c3cccc4c3sc3ccccc34)cc2)cc1. The molecule has 0 aliphatic heterocycles. The van der Waals surface area contributed by atoms with Gasteiger partial charge < -0.3 is 4.90 Å². The number of anilines is 3. The highest BCUT2D eigenvalue weighted by Gasteiger charge is 2.47. The van der Waals surface area contributed by atoms with Gasteiger partial charge in [-0.25, -0.2) is 0 Å². The number of fused-ring (bicyclic) bond motifs is 7. The minimum Gasteiger partial charge on any atom is -0.308 e. The van der Waals surface area contributed by atoms with Crippen molar-refractivity contribution in [1.82, 2.24) is 0 Å². The van der Waals surface area contributed by atoms with Crippen molar-refractivity contribution in [2.75, 3.05) is 4.90 Å². The first-order valence-electron chi connectivity index (χ1n) is 21.6. The van der Waals surface area contributed by atoms with E-state index in [4.69, 9.17) is 0 Å². The second-order valence-corrected chi connectivity index (χ2v) is 17.6.